The van der Waals surface area contributed by atoms with E-state index < -0.39 is 23.1 Å². The maximum Gasteiger partial charge on any atom is 0.336 e. The first-order chi connectivity index (χ1) is 15.0. The molecule has 7 nitrogen and oxygen atoms in total. The van der Waals surface area contributed by atoms with Gasteiger partial charge in [0.15, 0.2) is 17.6 Å². The molecule has 31 heavy (non-hydrogen) atoms. The predicted molar refractivity (Wildman–Crippen MR) is 111 cm³/mol. The number of nitrogens with one attached hydrogen (secondary N) is 1. The van der Waals surface area contributed by atoms with Crippen LogP contribution >= 0.6 is 0 Å². The number of phenols is 1. The number of piperidine rings is 1. The number of nitrogens with zero attached hydrogens (tertiary/aromatic N) is 1. The Labute approximate surface area is 177 Å². The van der Waals surface area contributed by atoms with Crippen LogP contribution in [0, 0.1) is 0 Å². The number of aromatic hydroxyl groups is 1. The molecule has 7 heteroatoms. The molecule has 3 heterocycles. The van der Waals surface area contributed by atoms with Gasteiger partial charge >= 0.3 is 5.97 Å². The van der Waals surface area contributed by atoms with Crippen LogP contribution in [0.15, 0.2) is 36.4 Å². The number of para-hydroxylation sites is 1. The number of carboxylic acids is 1. The Bertz CT molecular complexity index is 1340. The lowest BCUT2D eigenvalue weighted by atomic mass is 9.49. The molecule has 3 aromatic rings. The van der Waals surface area contributed by atoms with Crippen molar-refractivity contribution in [2.24, 2.45) is 0 Å². The average Bonchev–Trinajstić information content (AvgIpc) is 3.08. The fourth-order valence-corrected chi connectivity index (χ4v) is 6.79. The van der Waals surface area contributed by atoms with E-state index in [-0.39, 0.29) is 23.8 Å². The summed E-state index contributed by atoms with van der Waals surface area (Å²) in [6.45, 7) is 0.704. The Morgan fingerprint density at radius 2 is 2.06 bits per heavy atom. The third kappa shape index (κ3) is 1.80. The van der Waals surface area contributed by atoms with Crippen molar-refractivity contribution in [2.45, 2.75) is 42.4 Å². The number of aromatic nitrogens is 1. The topological polar surface area (TPSA) is 112 Å². The number of rotatable bonds is 1. The van der Waals surface area contributed by atoms with Gasteiger partial charge in [-0.3, -0.25) is 0 Å². The number of phenolic OH excluding ortho intramolecular Hbond substituents is 1. The zero-order valence-electron chi connectivity index (χ0n) is 16.6. The highest BCUT2D eigenvalue weighted by Crippen LogP contribution is 2.67. The Morgan fingerprint density at radius 3 is 2.90 bits per heavy atom. The minimum absolute atomic E-state index is 0.0441. The largest absolute Gasteiger partial charge is 0.504 e. The van der Waals surface area contributed by atoms with E-state index in [4.69, 9.17) is 9.72 Å². The summed E-state index contributed by atoms with van der Waals surface area (Å²) in [7, 11) is 0. The molecule has 2 bridgehead atoms. The van der Waals surface area contributed by atoms with Crippen molar-refractivity contribution in [1.29, 1.82) is 0 Å². The van der Waals surface area contributed by atoms with Gasteiger partial charge in [0.25, 0.3) is 0 Å². The lowest BCUT2D eigenvalue weighted by Gasteiger charge is -2.60. The zero-order chi connectivity index (χ0) is 21.1. The van der Waals surface area contributed by atoms with Crippen LogP contribution in [0.4, 0.5) is 0 Å². The number of aliphatic hydroxyl groups is 1. The summed E-state index contributed by atoms with van der Waals surface area (Å²) >= 11 is 0. The fourth-order valence-electron chi connectivity index (χ4n) is 6.79. The summed E-state index contributed by atoms with van der Waals surface area (Å²) in [4.78, 5) is 17.3. The molecule has 1 aromatic heterocycles. The van der Waals surface area contributed by atoms with Crippen LogP contribution in [0.1, 0.15) is 45.3 Å². The van der Waals surface area contributed by atoms with Crippen molar-refractivity contribution in [3.8, 4) is 11.5 Å². The first-order valence-electron chi connectivity index (χ1n) is 10.6. The molecular formula is C24H20N2O5. The molecule has 0 radical (unpaired) electrons. The van der Waals surface area contributed by atoms with E-state index in [1.807, 2.05) is 12.1 Å². The molecule has 1 fully saturated rings. The van der Waals surface area contributed by atoms with Crippen LogP contribution in [0.25, 0.3) is 10.9 Å². The summed E-state index contributed by atoms with van der Waals surface area (Å²) < 4.78 is 6.39. The van der Waals surface area contributed by atoms with E-state index in [1.54, 1.807) is 24.3 Å². The highest BCUT2D eigenvalue weighted by Gasteiger charge is 2.71. The normalized spacial score (nSPS) is 31.6. The number of benzene rings is 2. The van der Waals surface area contributed by atoms with Crippen molar-refractivity contribution in [3.63, 3.8) is 0 Å². The number of carbonyl (C=O) groups is 1. The quantitative estimate of drug-likeness (QED) is 0.481. The zero-order valence-corrected chi connectivity index (χ0v) is 16.6. The van der Waals surface area contributed by atoms with Crippen molar-refractivity contribution in [3.05, 3.63) is 64.3 Å². The van der Waals surface area contributed by atoms with E-state index in [0.717, 1.165) is 11.1 Å². The second-order valence-electron chi connectivity index (χ2n) is 9.15. The monoisotopic (exact) mass is 416 g/mol. The average molecular weight is 416 g/mol. The molecule has 156 valence electrons. The minimum Gasteiger partial charge on any atom is -0.504 e. The molecule has 1 saturated heterocycles. The molecule has 4 atom stereocenters. The Kier molecular flexibility index (Phi) is 3.03. The van der Waals surface area contributed by atoms with Gasteiger partial charge in [-0.2, -0.15) is 0 Å². The van der Waals surface area contributed by atoms with E-state index in [0.29, 0.717) is 47.3 Å². The van der Waals surface area contributed by atoms with Crippen LogP contribution in [-0.2, 0) is 18.3 Å². The van der Waals surface area contributed by atoms with E-state index in [9.17, 15) is 20.1 Å². The van der Waals surface area contributed by atoms with Gasteiger partial charge in [-0.05, 0) is 42.6 Å². The van der Waals surface area contributed by atoms with E-state index in [1.165, 1.54) is 0 Å². The number of pyridine rings is 1. The second-order valence-corrected chi connectivity index (χ2v) is 9.15. The molecule has 4 aliphatic rings. The molecule has 2 aliphatic heterocycles. The van der Waals surface area contributed by atoms with E-state index in [2.05, 4.69) is 5.32 Å². The van der Waals surface area contributed by atoms with Crippen LogP contribution in [0.2, 0.25) is 0 Å². The maximum atomic E-state index is 12.4. The highest BCUT2D eigenvalue weighted by molar-refractivity contribution is 6.04. The van der Waals surface area contributed by atoms with E-state index >= 15 is 0 Å². The lowest BCUT2D eigenvalue weighted by molar-refractivity contribution is -0.134. The van der Waals surface area contributed by atoms with Gasteiger partial charge in [0, 0.05) is 23.4 Å². The van der Waals surface area contributed by atoms with Crippen LogP contribution in [0.3, 0.4) is 0 Å². The maximum absolute atomic E-state index is 12.4. The second kappa shape index (κ2) is 5.36. The minimum atomic E-state index is -1.25. The first-order valence-corrected chi connectivity index (χ1v) is 10.6. The highest BCUT2D eigenvalue weighted by atomic mass is 16.5. The van der Waals surface area contributed by atoms with Gasteiger partial charge in [-0.25, -0.2) is 9.78 Å². The third-order valence-electron chi connectivity index (χ3n) is 7.97. The molecule has 2 aromatic carbocycles. The van der Waals surface area contributed by atoms with Crippen molar-refractivity contribution in [2.75, 3.05) is 6.54 Å². The van der Waals surface area contributed by atoms with Gasteiger partial charge < -0.3 is 25.4 Å². The Morgan fingerprint density at radius 1 is 1.23 bits per heavy atom. The molecular weight excluding hydrogens is 396 g/mol. The smallest absolute Gasteiger partial charge is 0.336 e. The molecule has 0 saturated carbocycles. The van der Waals surface area contributed by atoms with Crippen LogP contribution < -0.4 is 10.1 Å². The standard InChI is InChI=1S/C24H20N2O5/c27-15-6-5-11-9-16-24(30)10-13-17(22(28)29)12-3-1-2-4-14(12)26-19(13)21-23(24,7-8-25-16)18(11)20(15)31-21/h1-6,16,21,25,27,30H,7-10H2,(H,28,29)/t16-,21?,23-,24?/m0/s1. The van der Waals surface area contributed by atoms with Gasteiger partial charge in [-0.1, -0.05) is 24.3 Å². The van der Waals surface area contributed by atoms with Crippen molar-refractivity contribution >= 4 is 16.9 Å². The molecule has 0 amide bonds. The van der Waals surface area contributed by atoms with Gasteiger partial charge in [-0.15, -0.1) is 0 Å². The summed E-state index contributed by atoms with van der Waals surface area (Å²) in [6.07, 6.45) is 0.726. The first kappa shape index (κ1) is 17.5. The van der Waals surface area contributed by atoms with Gasteiger partial charge in [0.05, 0.1) is 27.8 Å². The number of ether oxygens (including phenoxy) is 1. The van der Waals surface area contributed by atoms with Crippen LogP contribution in [0.5, 0.6) is 11.5 Å². The lowest BCUT2D eigenvalue weighted by Crippen LogP contribution is -2.74. The fraction of sp³-hybridized carbons (Fsp3) is 0.333. The van der Waals surface area contributed by atoms with Gasteiger partial charge in [0.2, 0.25) is 0 Å². The third-order valence-corrected chi connectivity index (χ3v) is 7.97. The molecule has 7 rings (SSSR count). The summed E-state index contributed by atoms with van der Waals surface area (Å²) in [5, 5.41) is 37.1. The SMILES string of the molecule is O=C(O)c1c2c(nc3ccccc13)C1Oc3c(O)ccc4c3[C@@]13CCN[C@@H](C4)C3(O)C2. The van der Waals surface area contributed by atoms with Gasteiger partial charge in [0.1, 0.15) is 0 Å². The van der Waals surface area contributed by atoms with Crippen molar-refractivity contribution < 1.29 is 24.9 Å². The Hall–Kier alpha value is -3.16. The number of hydrogen-bond acceptors (Lipinski definition) is 6. The molecule has 4 N–H and O–H groups in total. The Balaban J connectivity index is 1.62. The molecule has 2 aliphatic carbocycles. The number of fused-ring (bicyclic) bond motifs is 3. The summed E-state index contributed by atoms with van der Waals surface area (Å²) in [5.74, 6) is -0.592. The number of hydrogen-bond donors (Lipinski definition) is 4. The van der Waals surface area contributed by atoms with Crippen LogP contribution in [-0.4, -0.2) is 44.5 Å². The molecule has 1 spiro atoms. The summed E-state index contributed by atoms with van der Waals surface area (Å²) in [6, 6.07) is 10.5. The summed E-state index contributed by atoms with van der Waals surface area (Å²) in [5.41, 5.74) is 1.76. The number of aromatic carboxylic acids is 1. The number of carboxylic acid groups (broad SMARTS) is 1. The van der Waals surface area contributed by atoms with Crippen molar-refractivity contribution in [1.82, 2.24) is 10.3 Å². The predicted octanol–water partition coefficient (Wildman–Crippen LogP) is 2.22. The molecule has 2 unspecified atom stereocenters.